The average molecular weight is 277 g/mol. The van der Waals surface area contributed by atoms with E-state index >= 15 is 0 Å². The lowest BCUT2D eigenvalue weighted by Gasteiger charge is -2.03. The van der Waals surface area contributed by atoms with Crippen molar-refractivity contribution in [3.8, 4) is 0 Å². The molecule has 0 radical (unpaired) electrons. The van der Waals surface area contributed by atoms with Gasteiger partial charge in [0.05, 0.1) is 5.69 Å². The van der Waals surface area contributed by atoms with Crippen molar-refractivity contribution in [2.45, 2.75) is 17.0 Å². The number of nitrogen functional groups attached to an aromatic ring is 1. The summed E-state index contributed by atoms with van der Waals surface area (Å²) in [6.07, 6.45) is 0. The Kier molecular flexibility index (Phi) is 2.71. The molecule has 92 valence electrons. The van der Waals surface area contributed by atoms with Gasteiger partial charge in [-0.2, -0.15) is 5.10 Å². The van der Waals surface area contributed by atoms with Crippen molar-refractivity contribution in [2.24, 2.45) is 7.05 Å². The van der Waals surface area contributed by atoms with E-state index in [4.69, 9.17) is 5.73 Å². The lowest BCUT2D eigenvalue weighted by Crippen LogP contribution is -1.97. The third-order valence-corrected chi connectivity index (χ3v) is 4.37. The summed E-state index contributed by atoms with van der Waals surface area (Å²) < 4.78 is 1.84. The summed E-state index contributed by atoms with van der Waals surface area (Å²) in [5.41, 5.74) is 6.72. The third-order valence-electron chi connectivity index (χ3n) is 2.47. The minimum Gasteiger partial charge on any atom is -0.368 e. The number of thiophene rings is 1. The lowest BCUT2D eigenvalue weighted by molar-refractivity contribution is 0.692. The van der Waals surface area contributed by atoms with Crippen molar-refractivity contribution >= 4 is 39.3 Å². The first kappa shape index (κ1) is 11.5. The third kappa shape index (κ3) is 1.95. The highest BCUT2D eigenvalue weighted by Crippen LogP contribution is 2.33. The highest BCUT2D eigenvalue weighted by Gasteiger charge is 2.11. The number of aromatic nitrogens is 4. The quantitative estimate of drug-likeness (QED) is 0.729. The van der Waals surface area contributed by atoms with Crippen molar-refractivity contribution < 1.29 is 0 Å². The predicted molar refractivity (Wildman–Crippen MR) is 73.9 cm³/mol. The molecule has 3 aromatic rings. The van der Waals surface area contributed by atoms with Gasteiger partial charge < -0.3 is 5.73 Å². The van der Waals surface area contributed by atoms with E-state index in [0.717, 1.165) is 26.0 Å². The molecule has 7 heteroatoms. The van der Waals surface area contributed by atoms with E-state index in [2.05, 4.69) is 15.1 Å². The predicted octanol–water partition coefficient (Wildman–Crippen LogP) is 2.47. The summed E-state index contributed by atoms with van der Waals surface area (Å²) in [4.78, 5) is 9.45. The zero-order valence-electron chi connectivity index (χ0n) is 9.91. The number of hydrogen-bond donors (Lipinski definition) is 1. The zero-order valence-corrected chi connectivity index (χ0v) is 11.5. The summed E-state index contributed by atoms with van der Waals surface area (Å²) in [6.45, 7) is 1.97. The second-order valence-corrected chi connectivity index (χ2v) is 5.78. The first-order valence-corrected chi connectivity index (χ1v) is 7.02. The van der Waals surface area contributed by atoms with E-state index < -0.39 is 0 Å². The molecule has 0 saturated carbocycles. The van der Waals surface area contributed by atoms with Gasteiger partial charge in [0.15, 0.2) is 0 Å². The first-order valence-electron chi connectivity index (χ1n) is 5.32. The molecule has 0 aromatic carbocycles. The van der Waals surface area contributed by atoms with Crippen LogP contribution in [-0.2, 0) is 7.05 Å². The number of rotatable bonds is 2. The smallest absolute Gasteiger partial charge is 0.222 e. The molecule has 0 fully saturated rings. The number of fused-ring (bicyclic) bond motifs is 1. The maximum Gasteiger partial charge on any atom is 0.222 e. The van der Waals surface area contributed by atoms with Crippen molar-refractivity contribution in [3.63, 3.8) is 0 Å². The standard InChI is InChI=1S/C11H11N5S2/c1-6-5-8(16(2)15-6)18-10-7-3-4-17-9(7)13-11(12)14-10/h3-5H,1-2H3,(H2,12,13,14). The fourth-order valence-electron chi connectivity index (χ4n) is 1.70. The second kappa shape index (κ2) is 4.25. The topological polar surface area (TPSA) is 69.6 Å². The fraction of sp³-hybridized carbons (Fsp3) is 0.182. The molecule has 2 N–H and O–H groups in total. The number of anilines is 1. The second-order valence-electron chi connectivity index (χ2n) is 3.88. The average Bonchev–Trinajstić information content (AvgIpc) is 2.86. The molecule has 3 heterocycles. The Morgan fingerprint density at radius 1 is 1.39 bits per heavy atom. The normalized spacial score (nSPS) is 11.2. The lowest BCUT2D eigenvalue weighted by atomic mass is 10.4. The molecule has 0 aliphatic rings. The molecule has 3 rings (SSSR count). The van der Waals surface area contributed by atoms with Gasteiger partial charge in [-0.1, -0.05) is 0 Å². The molecule has 0 aliphatic carbocycles. The van der Waals surface area contributed by atoms with E-state index in [1.807, 2.05) is 36.2 Å². The van der Waals surface area contributed by atoms with Crippen LogP contribution in [0.1, 0.15) is 5.69 Å². The van der Waals surface area contributed by atoms with E-state index in [-0.39, 0.29) is 0 Å². The minimum atomic E-state index is 0.311. The first-order chi connectivity index (χ1) is 8.63. The molecular weight excluding hydrogens is 266 g/mol. The molecule has 0 bridgehead atoms. The van der Waals surface area contributed by atoms with Crippen LogP contribution in [0.25, 0.3) is 10.2 Å². The van der Waals surface area contributed by atoms with Crippen LogP contribution in [0.15, 0.2) is 27.6 Å². The van der Waals surface area contributed by atoms with Gasteiger partial charge in [0.1, 0.15) is 14.9 Å². The van der Waals surface area contributed by atoms with E-state index in [9.17, 15) is 0 Å². The monoisotopic (exact) mass is 277 g/mol. The Bertz CT molecular complexity index is 715. The maximum absolute atomic E-state index is 5.73. The summed E-state index contributed by atoms with van der Waals surface area (Å²) in [5, 5.41) is 9.27. The minimum absolute atomic E-state index is 0.311. The van der Waals surface area contributed by atoms with E-state index in [1.54, 1.807) is 23.1 Å². The molecule has 0 amide bonds. The maximum atomic E-state index is 5.73. The van der Waals surface area contributed by atoms with Crippen molar-refractivity contribution in [3.05, 3.63) is 23.2 Å². The Morgan fingerprint density at radius 3 is 2.94 bits per heavy atom. The van der Waals surface area contributed by atoms with Gasteiger partial charge in [0.25, 0.3) is 0 Å². The summed E-state index contributed by atoms with van der Waals surface area (Å²) in [6, 6.07) is 4.05. The molecule has 0 spiro atoms. The van der Waals surface area contributed by atoms with Crippen LogP contribution in [0.5, 0.6) is 0 Å². The van der Waals surface area contributed by atoms with Gasteiger partial charge in [-0.15, -0.1) is 11.3 Å². The summed E-state index contributed by atoms with van der Waals surface area (Å²) in [5.74, 6) is 0.311. The van der Waals surface area contributed by atoms with Gasteiger partial charge in [0.2, 0.25) is 5.95 Å². The number of nitrogens with two attached hydrogens (primary N) is 1. The van der Waals surface area contributed by atoms with Gasteiger partial charge in [-0.3, -0.25) is 4.68 Å². The van der Waals surface area contributed by atoms with E-state index in [1.165, 1.54) is 0 Å². The van der Waals surface area contributed by atoms with Crippen LogP contribution in [0.3, 0.4) is 0 Å². The highest BCUT2D eigenvalue weighted by atomic mass is 32.2. The van der Waals surface area contributed by atoms with Crippen LogP contribution < -0.4 is 5.73 Å². The molecule has 0 unspecified atom stereocenters. The van der Waals surface area contributed by atoms with Crippen molar-refractivity contribution in [2.75, 3.05) is 5.73 Å². The van der Waals surface area contributed by atoms with Crippen LogP contribution in [-0.4, -0.2) is 19.7 Å². The molecule has 0 aliphatic heterocycles. The van der Waals surface area contributed by atoms with Crippen LogP contribution >= 0.6 is 23.1 Å². The van der Waals surface area contributed by atoms with E-state index in [0.29, 0.717) is 5.95 Å². The summed E-state index contributed by atoms with van der Waals surface area (Å²) in [7, 11) is 1.92. The molecule has 18 heavy (non-hydrogen) atoms. The molecule has 3 aromatic heterocycles. The molecule has 0 saturated heterocycles. The van der Waals surface area contributed by atoms with Crippen LogP contribution in [0.2, 0.25) is 0 Å². The van der Waals surface area contributed by atoms with Gasteiger partial charge in [0, 0.05) is 12.4 Å². The Hall–Kier alpha value is -1.60. The highest BCUT2D eigenvalue weighted by molar-refractivity contribution is 7.99. The Labute approximate surface area is 112 Å². The zero-order chi connectivity index (χ0) is 12.7. The number of aryl methyl sites for hydroxylation is 2. The fourth-order valence-corrected chi connectivity index (χ4v) is 3.55. The van der Waals surface area contributed by atoms with Crippen molar-refractivity contribution in [1.29, 1.82) is 0 Å². The van der Waals surface area contributed by atoms with Gasteiger partial charge in [-0.05, 0) is 36.2 Å². The van der Waals surface area contributed by atoms with Gasteiger partial charge >= 0.3 is 0 Å². The Balaban J connectivity index is 2.09. The summed E-state index contributed by atoms with van der Waals surface area (Å²) >= 11 is 3.13. The molecule has 0 atom stereocenters. The van der Waals surface area contributed by atoms with Crippen LogP contribution in [0, 0.1) is 6.92 Å². The number of hydrogen-bond acceptors (Lipinski definition) is 6. The van der Waals surface area contributed by atoms with Gasteiger partial charge in [-0.25, -0.2) is 9.97 Å². The van der Waals surface area contributed by atoms with Crippen LogP contribution in [0.4, 0.5) is 5.95 Å². The Morgan fingerprint density at radius 2 is 2.22 bits per heavy atom. The SMILES string of the molecule is Cc1cc(Sc2nc(N)nc3sccc23)n(C)n1. The van der Waals surface area contributed by atoms with Crippen molar-refractivity contribution in [1.82, 2.24) is 19.7 Å². The number of nitrogens with zero attached hydrogens (tertiary/aromatic N) is 4. The largest absolute Gasteiger partial charge is 0.368 e. The molecular formula is C11H11N5S2. The molecule has 5 nitrogen and oxygen atoms in total.